The summed E-state index contributed by atoms with van der Waals surface area (Å²) in [6, 6.07) is -0.830. The molecule has 5 nitrogen and oxygen atoms in total. The molecule has 2 atom stereocenters. The summed E-state index contributed by atoms with van der Waals surface area (Å²) in [7, 11) is 0. The van der Waals surface area contributed by atoms with E-state index in [1.54, 1.807) is 0 Å². The van der Waals surface area contributed by atoms with Crippen LogP contribution in [0.25, 0.3) is 0 Å². The van der Waals surface area contributed by atoms with Crippen molar-refractivity contribution < 1.29 is 14.7 Å². The molecule has 0 aromatic rings. The molecule has 3 N–H and O–H groups in total. The molecule has 0 bridgehead atoms. The van der Waals surface area contributed by atoms with Crippen molar-refractivity contribution in [3.05, 3.63) is 0 Å². The molecule has 0 aliphatic carbocycles. The fourth-order valence-corrected chi connectivity index (χ4v) is 2.06. The fourth-order valence-electron chi connectivity index (χ4n) is 2.06. The Bertz CT molecular complexity index is 283. The van der Waals surface area contributed by atoms with Gasteiger partial charge in [-0.1, -0.05) is 13.8 Å². The highest BCUT2D eigenvalue weighted by Crippen LogP contribution is 2.34. The number of carbonyl (C=O) groups is 2. The molecular formula is C11H20N2O3. The van der Waals surface area contributed by atoms with Crippen molar-refractivity contribution in [1.82, 2.24) is 10.6 Å². The number of rotatable bonds is 4. The highest BCUT2D eigenvalue weighted by atomic mass is 16.4. The predicted molar refractivity (Wildman–Crippen MR) is 60.0 cm³/mol. The van der Waals surface area contributed by atoms with Crippen LogP contribution in [0.1, 0.15) is 27.2 Å². The standard InChI is InChI=1S/C11H20N2O3/c1-7(2)11(4-5-12-6-11)10(16)13-8(3)9(14)15/h7-8,12H,4-6H2,1-3H3,(H,13,16)(H,14,15)/t8-,11?/m1/s1. The van der Waals surface area contributed by atoms with Crippen molar-refractivity contribution >= 4 is 11.9 Å². The van der Waals surface area contributed by atoms with Crippen molar-refractivity contribution in [2.24, 2.45) is 11.3 Å². The van der Waals surface area contributed by atoms with Crippen molar-refractivity contribution in [3.63, 3.8) is 0 Å². The largest absolute Gasteiger partial charge is 0.480 e. The molecule has 5 heteroatoms. The van der Waals surface area contributed by atoms with E-state index in [4.69, 9.17) is 5.11 Å². The lowest BCUT2D eigenvalue weighted by Crippen LogP contribution is -2.50. The van der Waals surface area contributed by atoms with Gasteiger partial charge in [0.25, 0.3) is 0 Å². The second-order valence-corrected chi connectivity index (χ2v) is 4.77. The second kappa shape index (κ2) is 4.82. The third-order valence-corrected chi connectivity index (χ3v) is 3.46. The van der Waals surface area contributed by atoms with Crippen molar-refractivity contribution in [2.75, 3.05) is 13.1 Å². The first-order valence-electron chi connectivity index (χ1n) is 5.64. The normalized spacial score (nSPS) is 26.8. The van der Waals surface area contributed by atoms with Crippen LogP contribution < -0.4 is 10.6 Å². The quantitative estimate of drug-likeness (QED) is 0.643. The van der Waals surface area contributed by atoms with Crippen LogP contribution in [0.15, 0.2) is 0 Å². The van der Waals surface area contributed by atoms with Crippen LogP contribution in [0.4, 0.5) is 0 Å². The second-order valence-electron chi connectivity index (χ2n) is 4.77. The average Bonchev–Trinajstić information content (AvgIpc) is 2.66. The Kier molecular flexibility index (Phi) is 3.91. The molecule has 1 unspecified atom stereocenters. The van der Waals surface area contributed by atoms with Gasteiger partial charge in [0.15, 0.2) is 0 Å². The monoisotopic (exact) mass is 228 g/mol. The zero-order valence-corrected chi connectivity index (χ0v) is 10.0. The number of carboxylic acid groups (broad SMARTS) is 1. The van der Waals surface area contributed by atoms with E-state index in [0.717, 1.165) is 13.0 Å². The lowest BCUT2D eigenvalue weighted by molar-refractivity contribution is -0.143. The van der Waals surface area contributed by atoms with Crippen molar-refractivity contribution in [1.29, 1.82) is 0 Å². The van der Waals surface area contributed by atoms with Gasteiger partial charge in [-0.3, -0.25) is 9.59 Å². The molecule has 0 saturated carbocycles. The number of hydrogen-bond donors (Lipinski definition) is 3. The molecule has 1 aliphatic rings. The highest BCUT2D eigenvalue weighted by Gasteiger charge is 2.44. The zero-order chi connectivity index (χ0) is 12.3. The minimum absolute atomic E-state index is 0.151. The van der Waals surface area contributed by atoms with Gasteiger partial charge in [-0.2, -0.15) is 0 Å². The summed E-state index contributed by atoms with van der Waals surface area (Å²) < 4.78 is 0. The van der Waals surface area contributed by atoms with Gasteiger partial charge in [-0.05, 0) is 25.8 Å². The smallest absolute Gasteiger partial charge is 0.325 e. The molecule has 16 heavy (non-hydrogen) atoms. The minimum atomic E-state index is -1.00. The maximum Gasteiger partial charge on any atom is 0.325 e. The van der Waals surface area contributed by atoms with E-state index >= 15 is 0 Å². The van der Waals surface area contributed by atoms with Gasteiger partial charge in [0.1, 0.15) is 6.04 Å². The summed E-state index contributed by atoms with van der Waals surface area (Å²) >= 11 is 0. The van der Waals surface area contributed by atoms with E-state index in [-0.39, 0.29) is 11.8 Å². The van der Waals surface area contributed by atoms with Gasteiger partial charge < -0.3 is 15.7 Å². The van der Waals surface area contributed by atoms with Gasteiger partial charge in [-0.15, -0.1) is 0 Å². The van der Waals surface area contributed by atoms with E-state index in [0.29, 0.717) is 6.54 Å². The summed E-state index contributed by atoms with van der Waals surface area (Å²) in [4.78, 5) is 22.8. The lowest BCUT2D eigenvalue weighted by Gasteiger charge is -2.31. The Hall–Kier alpha value is -1.10. The van der Waals surface area contributed by atoms with Crippen molar-refractivity contribution in [3.8, 4) is 0 Å². The number of hydrogen-bond acceptors (Lipinski definition) is 3. The van der Waals surface area contributed by atoms with E-state index in [9.17, 15) is 9.59 Å². The molecule has 0 aromatic heterocycles. The molecule has 0 spiro atoms. The molecule has 92 valence electrons. The summed E-state index contributed by atoms with van der Waals surface area (Å²) in [5.74, 6) is -0.955. The number of amides is 1. The minimum Gasteiger partial charge on any atom is -0.480 e. The molecule has 1 amide bonds. The van der Waals surface area contributed by atoms with E-state index in [1.807, 2.05) is 13.8 Å². The number of nitrogens with one attached hydrogen (secondary N) is 2. The molecule has 1 fully saturated rings. The maximum atomic E-state index is 12.1. The molecule has 1 heterocycles. The van der Waals surface area contributed by atoms with E-state index in [2.05, 4.69) is 10.6 Å². The van der Waals surface area contributed by atoms with Crippen LogP contribution in [-0.4, -0.2) is 36.1 Å². The van der Waals surface area contributed by atoms with Crippen LogP contribution >= 0.6 is 0 Å². The first-order valence-corrected chi connectivity index (χ1v) is 5.64. The Balaban J connectivity index is 2.73. The Labute approximate surface area is 95.6 Å². The molecule has 0 radical (unpaired) electrons. The third kappa shape index (κ3) is 2.35. The van der Waals surface area contributed by atoms with Gasteiger partial charge in [0, 0.05) is 6.54 Å². The molecule has 0 aromatic carbocycles. The summed E-state index contributed by atoms with van der Waals surface area (Å²) in [6.07, 6.45) is 0.767. The van der Waals surface area contributed by atoms with E-state index in [1.165, 1.54) is 6.92 Å². The Morgan fingerprint density at radius 2 is 2.00 bits per heavy atom. The predicted octanol–water partition coefficient (Wildman–Crippen LogP) is 0.211. The highest BCUT2D eigenvalue weighted by molar-refractivity contribution is 5.87. The Morgan fingerprint density at radius 3 is 2.38 bits per heavy atom. The first-order chi connectivity index (χ1) is 7.40. The molecule has 1 rings (SSSR count). The van der Waals surface area contributed by atoms with E-state index < -0.39 is 17.4 Å². The first kappa shape index (κ1) is 13.0. The molecule has 1 aliphatic heterocycles. The van der Waals surface area contributed by atoms with Crippen LogP contribution in [-0.2, 0) is 9.59 Å². The SMILES string of the molecule is CC(C)C1(C(=O)N[C@H](C)C(=O)O)CCNC1. The number of carbonyl (C=O) groups excluding carboxylic acids is 1. The van der Waals surface area contributed by atoms with Gasteiger partial charge in [-0.25, -0.2) is 0 Å². The lowest BCUT2D eigenvalue weighted by atomic mass is 9.75. The van der Waals surface area contributed by atoms with Crippen LogP contribution in [0.3, 0.4) is 0 Å². The van der Waals surface area contributed by atoms with Crippen molar-refractivity contribution in [2.45, 2.75) is 33.2 Å². The average molecular weight is 228 g/mol. The molecule has 1 saturated heterocycles. The Morgan fingerprint density at radius 1 is 1.38 bits per heavy atom. The summed E-state index contributed by atoms with van der Waals surface area (Å²) in [5, 5.41) is 14.5. The van der Waals surface area contributed by atoms with Gasteiger partial charge in [0.05, 0.1) is 5.41 Å². The maximum absolute atomic E-state index is 12.1. The topological polar surface area (TPSA) is 78.4 Å². The molecular weight excluding hydrogens is 208 g/mol. The zero-order valence-electron chi connectivity index (χ0n) is 10.0. The van der Waals surface area contributed by atoms with Gasteiger partial charge in [0.2, 0.25) is 5.91 Å². The summed E-state index contributed by atoms with van der Waals surface area (Å²) in [5.41, 5.74) is -0.455. The number of carboxylic acids is 1. The fraction of sp³-hybridized carbons (Fsp3) is 0.818. The third-order valence-electron chi connectivity index (χ3n) is 3.46. The van der Waals surface area contributed by atoms with Crippen LogP contribution in [0.5, 0.6) is 0 Å². The van der Waals surface area contributed by atoms with Crippen LogP contribution in [0, 0.1) is 11.3 Å². The summed E-state index contributed by atoms with van der Waals surface area (Å²) in [6.45, 7) is 6.92. The number of aliphatic carboxylic acids is 1. The van der Waals surface area contributed by atoms with Gasteiger partial charge >= 0.3 is 5.97 Å². The van der Waals surface area contributed by atoms with Crippen LogP contribution in [0.2, 0.25) is 0 Å².